The van der Waals surface area contributed by atoms with Crippen LogP contribution in [0.15, 0.2) is 29.4 Å². The molecule has 0 unspecified atom stereocenters. The number of hydrogen-bond donors (Lipinski definition) is 2. The SMILES string of the molecule is CCn1c(C)nnc1SCc1nc(N)nc(Nc2ccc(F)cc2)n1. The van der Waals surface area contributed by atoms with Crippen LogP contribution in [0.3, 0.4) is 0 Å². The second kappa shape index (κ2) is 7.43. The van der Waals surface area contributed by atoms with E-state index in [0.29, 0.717) is 23.2 Å². The van der Waals surface area contributed by atoms with Gasteiger partial charge in [0.25, 0.3) is 0 Å². The third kappa shape index (κ3) is 4.21. The Morgan fingerprint density at radius 3 is 2.64 bits per heavy atom. The van der Waals surface area contributed by atoms with Crippen molar-refractivity contribution in [2.45, 2.75) is 31.3 Å². The summed E-state index contributed by atoms with van der Waals surface area (Å²) < 4.78 is 15.0. The summed E-state index contributed by atoms with van der Waals surface area (Å²) in [5.74, 6) is 1.96. The van der Waals surface area contributed by atoms with E-state index in [1.54, 1.807) is 12.1 Å². The Morgan fingerprint density at radius 2 is 1.92 bits per heavy atom. The predicted molar refractivity (Wildman–Crippen MR) is 93.9 cm³/mol. The molecule has 0 spiro atoms. The van der Waals surface area contributed by atoms with Crippen LogP contribution in [0.1, 0.15) is 18.6 Å². The van der Waals surface area contributed by atoms with Gasteiger partial charge in [0.05, 0.1) is 5.75 Å². The number of nitrogens with zero attached hydrogens (tertiary/aromatic N) is 6. The first-order valence-electron chi connectivity index (χ1n) is 7.60. The van der Waals surface area contributed by atoms with E-state index >= 15 is 0 Å². The fourth-order valence-corrected chi connectivity index (χ4v) is 3.09. The number of thioether (sulfide) groups is 1. The van der Waals surface area contributed by atoms with Crippen molar-refractivity contribution in [1.82, 2.24) is 29.7 Å². The lowest BCUT2D eigenvalue weighted by Gasteiger charge is -2.08. The molecule has 10 heteroatoms. The molecule has 25 heavy (non-hydrogen) atoms. The summed E-state index contributed by atoms with van der Waals surface area (Å²) in [6.45, 7) is 4.73. The van der Waals surface area contributed by atoms with Crippen LogP contribution < -0.4 is 11.1 Å². The Bertz CT molecular complexity index is 864. The second-order valence-electron chi connectivity index (χ2n) is 5.13. The highest BCUT2D eigenvalue weighted by molar-refractivity contribution is 7.98. The van der Waals surface area contributed by atoms with Gasteiger partial charge in [-0.2, -0.15) is 15.0 Å². The standard InChI is InChI=1S/C15H17FN8S/c1-3-24-9(2)22-23-15(24)25-8-12-19-13(17)21-14(20-12)18-11-6-4-10(16)5-7-11/h4-7H,3,8H2,1-2H3,(H3,17,18,19,20,21). The third-order valence-electron chi connectivity index (χ3n) is 3.35. The Hall–Kier alpha value is -2.75. The molecule has 0 atom stereocenters. The number of anilines is 3. The van der Waals surface area contributed by atoms with Gasteiger partial charge in [-0.15, -0.1) is 10.2 Å². The maximum Gasteiger partial charge on any atom is 0.232 e. The van der Waals surface area contributed by atoms with Gasteiger partial charge in [0.1, 0.15) is 17.5 Å². The molecule has 0 aliphatic carbocycles. The van der Waals surface area contributed by atoms with Gasteiger partial charge in [-0.25, -0.2) is 4.39 Å². The van der Waals surface area contributed by atoms with E-state index < -0.39 is 0 Å². The molecular weight excluding hydrogens is 343 g/mol. The Kier molecular flexibility index (Phi) is 5.08. The highest BCUT2D eigenvalue weighted by Crippen LogP contribution is 2.21. The van der Waals surface area contributed by atoms with E-state index in [-0.39, 0.29) is 11.8 Å². The quantitative estimate of drug-likeness (QED) is 0.646. The van der Waals surface area contributed by atoms with Crippen molar-refractivity contribution in [3.8, 4) is 0 Å². The normalized spacial score (nSPS) is 10.8. The molecule has 8 nitrogen and oxygen atoms in total. The van der Waals surface area contributed by atoms with Crippen molar-refractivity contribution in [3.05, 3.63) is 41.7 Å². The number of halogens is 1. The molecule has 3 rings (SSSR count). The van der Waals surface area contributed by atoms with E-state index in [1.165, 1.54) is 23.9 Å². The van der Waals surface area contributed by atoms with Gasteiger partial charge >= 0.3 is 0 Å². The molecule has 0 saturated heterocycles. The molecule has 0 amide bonds. The predicted octanol–water partition coefficient (Wildman–Crippen LogP) is 2.55. The Balaban J connectivity index is 1.73. The third-order valence-corrected chi connectivity index (χ3v) is 4.31. The molecule has 0 aliphatic heterocycles. The fourth-order valence-electron chi connectivity index (χ4n) is 2.18. The van der Waals surface area contributed by atoms with Crippen molar-refractivity contribution in [2.24, 2.45) is 0 Å². The molecule has 2 heterocycles. The van der Waals surface area contributed by atoms with Crippen molar-refractivity contribution in [2.75, 3.05) is 11.1 Å². The van der Waals surface area contributed by atoms with Crippen LogP contribution in [0.2, 0.25) is 0 Å². The Morgan fingerprint density at radius 1 is 1.16 bits per heavy atom. The number of nitrogens with two attached hydrogens (primary N) is 1. The van der Waals surface area contributed by atoms with Crippen LogP contribution >= 0.6 is 11.8 Å². The fraction of sp³-hybridized carbons (Fsp3) is 0.267. The monoisotopic (exact) mass is 360 g/mol. The van der Waals surface area contributed by atoms with E-state index in [9.17, 15) is 4.39 Å². The number of aromatic nitrogens is 6. The molecule has 3 N–H and O–H groups in total. The topological polar surface area (TPSA) is 107 Å². The zero-order chi connectivity index (χ0) is 17.8. The molecule has 3 aromatic rings. The molecule has 1 aromatic carbocycles. The maximum absolute atomic E-state index is 13.0. The number of benzene rings is 1. The number of nitrogens with one attached hydrogen (secondary N) is 1. The summed E-state index contributed by atoms with van der Waals surface area (Å²) in [6, 6.07) is 5.89. The lowest BCUT2D eigenvalue weighted by molar-refractivity contribution is 0.628. The first-order chi connectivity index (χ1) is 12.0. The molecule has 0 fully saturated rings. The van der Waals surface area contributed by atoms with Gasteiger partial charge in [-0.05, 0) is 38.1 Å². The maximum atomic E-state index is 13.0. The lowest BCUT2D eigenvalue weighted by atomic mass is 10.3. The second-order valence-corrected chi connectivity index (χ2v) is 6.07. The van der Waals surface area contributed by atoms with E-state index in [4.69, 9.17) is 5.73 Å². The summed E-state index contributed by atoms with van der Waals surface area (Å²) in [7, 11) is 0. The molecule has 0 bridgehead atoms. The molecule has 130 valence electrons. The Labute approximate surface area is 148 Å². The number of hydrogen-bond acceptors (Lipinski definition) is 8. The zero-order valence-corrected chi connectivity index (χ0v) is 14.6. The largest absolute Gasteiger partial charge is 0.368 e. The summed E-state index contributed by atoms with van der Waals surface area (Å²) in [4.78, 5) is 12.5. The summed E-state index contributed by atoms with van der Waals surface area (Å²) in [5.41, 5.74) is 6.42. The number of nitrogen functional groups attached to an aromatic ring is 1. The summed E-state index contributed by atoms with van der Waals surface area (Å²) in [6.07, 6.45) is 0. The number of aryl methyl sites for hydroxylation is 1. The first-order valence-corrected chi connectivity index (χ1v) is 8.59. The van der Waals surface area contributed by atoms with Crippen molar-refractivity contribution in [1.29, 1.82) is 0 Å². The molecule has 0 radical (unpaired) electrons. The molecule has 0 saturated carbocycles. The minimum atomic E-state index is -0.312. The van der Waals surface area contributed by atoms with Crippen LogP contribution in [-0.4, -0.2) is 29.7 Å². The van der Waals surface area contributed by atoms with Gasteiger partial charge in [-0.1, -0.05) is 11.8 Å². The van der Waals surface area contributed by atoms with Crippen molar-refractivity contribution < 1.29 is 4.39 Å². The number of rotatable bonds is 6. The molecule has 0 aliphatic rings. The van der Waals surface area contributed by atoms with Crippen LogP contribution in [0.5, 0.6) is 0 Å². The molecular formula is C15H17FN8S. The van der Waals surface area contributed by atoms with E-state index in [0.717, 1.165) is 17.5 Å². The van der Waals surface area contributed by atoms with Crippen LogP contribution in [0.4, 0.5) is 22.0 Å². The van der Waals surface area contributed by atoms with Gasteiger partial charge in [-0.3, -0.25) is 0 Å². The van der Waals surface area contributed by atoms with E-state index in [1.807, 2.05) is 18.4 Å². The first kappa shape index (κ1) is 17.1. The van der Waals surface area contributed by atoms with Crippen LogP contribution in [0.25, 0.3) is 0 Å². The molecule has 2 aromatic heterocycles. The van der Waals surface area contributed by atoms with Crippen LogP contribution in [-0.2, 0) is 12.3 Å². The van der Waals surface area contributed by atoms with E-state index in [2.05, 4.69) is 30.5 Å². The van der Waals surface area contributed by atoms with Gasteiger partial charge < -0.3 is 15.6 Å². The average Bonchev–Trinajstić information content (AvgIpc) is 2.94. The smallest absolute Gasteiger partial charge is 0.232 e. The minimum absolute atomic E-state index is 0.114. The zero-order valence-electron chi connectivity index (χ0n) is 13.8. The summed E-state index contributed by atoms with van der Waals surface area (Å²) >= 11 is 1.47. The lowest BCUT2D eigenvalue weighted by Crippen LogP contribution is -2.07. The highest BCUT2D eigenvalue weighted by Gasteiger charge is 2.11. The highest BCUT2D eigenvalue weighted by atomic mass is 32.2. The van der Waals surface area contributed by atoms with Gasteiger partial charge in [0.2, 0.25) is 11.9 Å². The van der Waals surface area contributed by atoms with Crippen molar-refractivity contribution in [3.63, 3.8) is 0 Å². The summed E-state index contributed by atoms with van der Waals surface area (Å²) in [5, 5.41) is 12.0. The van der Waals surface area contributed by atoms with Gasteiger partial charge in [0.15, 0.2) is 5.16 Å². The minimum Gasteiger partial charge on any atom is -0.368 e. The van der Waals surface area contributed by atoms with Crippen molar-refractivity contribution >= 4 is 29.3 Å². The average molecular weight is 360 g/mol. The van der Waals surface area contributed by atoms with Gasteiger partial charge in [0, 0.05) is 12.2 Å². The van der Waals surface area contributed by atoms with Crippen LogP contribution in [0, 0.1) is 12.7 Å².